The lowest BCUT2D eigenvalue weighted by Crippen LogP contribution is -2.40. The Balaban J connectivity index is 1.32. The van der Waals surface area contributed by atoms with Crippen LogP contribution in [0, 0.1) is 11.8 Å². The molecule has 6 heteroatoms. The molecule has 2 atom stereocenters. The maximum Gasteiger partial charge on any atom is 0.273 e. The van der Waals surface area contributed by atoms with Crippen molar-refractivity contribution in [2.45, 2.75) is 33.3 Å². The first-order valence-corrected chi connectivity index (χ1v) is 9.83. The van der Waals surface area contributed by atoms with Crippen molar-refractivity contribution in [3.8, 4) is 17.1 Å². The number of para-hydroxylation sites is 1. The summed E-state index contributed by atoms with van der Waals surface area (Å²) in [5.74, 6) is 2.72. The standard InChI is InChI=1S/C21H27N3O3/c1-14-10-15(2)12-24(11-14)9-5-8-22-21(25)19-17-13-26-18-7-4-3-6-16(18)20(17)27-23-19/h3-4,6-7,14-15H,5,8-13H2,1-2H3,(H,22,25)/t14-,15-/m0/s1. The fraction of sp³-hybridized carbons (Fsp3) is 0.524. The normalized spacial score (nSPS) is 21.9. The van der Waals surface area contributed by atoms with E-state index in [0.29, 0.717) is 24.6 Å². The highest BCUT2D eigenvalue weighted by Crippen LogP contribution is 2.38. The molecule has 3 heterocycles. The summed E-state index contributed by atoms with van der Waals surface area (Å²) in [5.41, 5.74) is 1.91. The summed E-state index contributed by atoms with van der Waals surface area (Å²) in [7, 11) is 0. The monoisotopic (exact) mass is 369 g/mol. The van der Waals surface area contributed by atoms with E-state index in [1.807, 2.05) is 24.3 Å². The molecule has 1 N–H and O–H groups in total. The Hall–Kier alpha value is -2.34. The van der Waals surface area contributed by atoms with Gasteiger partial charge in [-0.2, -0.15) is 0 Å². The minimum Gasteiger partial charge on any atom is -0.488 e. The third-order valence-corrected chi connectivity index (χ3v) is 5.39. The fourth-order valence-electron chi connectivity index (χ4n) is 4.33. The summed E-state index contributed by atoms with van der Waals surface area (Å²) in [4.78, 5) is 15.0. The molecule has 2 aliphatic heterocycles. The van der Waals surface area contributed by atoms with Crippen molar-refractivity contribution in [1.29, 1.82) is 0 Å². The predicted octanol–water partition coefficient (Wildman–Crippen LogP) is 3.33. The topological polar surface area (TPSA) is 67.6 Å². The van der Waals surface area contributed by atoms with Crippen molar-refractivity contribution < 1.29 is 14.1 Å². The summed E-state index contributed by atoms with van der Waals surface area (Å²) in [6.45, 7) is 8.91. The van der Waals surface area contributed by atoms with Gasteiger partial charge in [0.15, 0.2) is 11.5 Å². The summed E-state index contributed by atoms with van der Waals surface area (Å²) in [6.07, 6.45) is 2.25. The van der Waals surface area contributed by atoms with Gasteiger partial charge in [-0.1, -0.05) is 31.1 Å². The van der Waals surface area contributed by atoms with Gasteiger partial charge in [-0.15, -0.1) is 0 Å². The highest BCUT2D eigenvalue weighted by atomic mass is 16.5. The number of ether oxygens (including phenoxy) is 1. The lowest BCUT2D eigenvalue weighted by Gasteiger charge is -2.34. The van der Waals surface area contributed by atoms with Gasteiger partial charge in [-0.3, -0.25) is 4.79 Å². The van der Waals surface area contributed by atoms with Crippen molar-refractivity contribution >= 4 is 5.91 Å². The molecule has 1 fully saturated rings. The zero-order valence-electron chi connectivity index (χ0n) is 16.0. The van der Waals surface area contributed by atoms with E-state index in [1.165, 1.54) is 6.42 Å². The largest absolute Gasteiger partial charge is 0.488 e. The Morgan fingerprint density at radius 3 is 2.85 bits per heavy atom. The van der Waals surface area contributed by atoms with E-state index in [4.69, 9.17) is 9.26 Å². The molecular weight excluding hydrogens is 342 g/mol. The van der Waals surface area contributed by atoms with Crippen molar-refractivity contribution in [3.05, 3.63) is 35.5 Å². The Bertz CT molecular complexity index is 807. The molecule has 1 saturated heterocycles. The SMILES string of the molecule is C[C@H]1C[C@H](C)CN(CCCNC(=O)c2noc3c2COc2ccccc2-3)C1. The van der Waals surface area contributed by atoms with Gasteiger partial charge in [0, 0.05) is 19.6 Å². The number of rotatable bonds is 5. The number of carbonyl (C=O) groups excluding carboxylic acids is 1. The van der Waals surface area contributed by atoms with Crippen LogP contribution in [0.3, 0.4) is 0 Å². The molecule has 1 aromatic carbocycles. The second kappa shape index (κ2) is 7.72. The molecular formula is C21H27N3O3. The molecule has 1 aromatic heterocycles. The van der Waals surface area contributed by atoms with E-state index in [2.05, 4.69) is 29.2 Å². The van der Waals surface area contributed by atoms with Gasteiger partial charge >= 0.3 is 0 Å². The van der Waals surface area contributed by atoms with Crippen molar-refractivity contribution in [2.75, 3.05) is 26.2 Å². The number of piperidine rings is 1. The van der Waals surface area contributed by atoms with Gasteiger partial charge in [-0.25, -0.2) is 0 Å². The molecule has 6 nitrogen and oxygen atoms in total. The zero-order valence-corrected chi connectivity index (χ0v) is 16.0. The molecule has 0 radical (unpaired) electrons. The van der Waals surface area contributed by atoms with Crippen LogP contribution in [-0.2, 0) is 6.61 Å². The Kier molecular flexibility index (Phi) is 5.16. The van der Waals surface area contributed by atoms with Crippen LogP contribution in [0.4, 0.5) is 0 Å². The quantitative estimate of drug-likeness (QED) is 0.819. The molecule has 4 rings (SSSR count). The molecule has 2 aromatic rings. The lowest BCUT2D eigenvalue weighted by molar-refractivity contribution is 0.0936. The average Bonchev–Trinajstić information content (AvgIpc) is 3.09. The lowest BCUT2D eigenvalue weighted by atomic mass is 9.92. The van der Waals surface area contributed by atoms with Crippen LogP contribution in [0.25, 0.3) is 11.3 Å². The molecule has 0 aliphatic carbocycles. The first-order chi connectivity index (χ1) is 13.1. The van der Waals surface area contributed by atoms with E-state index < -0.39 is 0 Å². The second-order valence-electron chi connectivity index (χ2n) is 7.94. The van der Waals surface area contributed by atoms with Crippen LogP contribution in [0.5, 0.6) is 5.75 Å². The zero-order chi connectivity index (χ0) is 18.8. The third kappa shape index (κ3) is 3.86. The van der Waals surface area contributed by atoms with Crippen molar-refractivity contribution in [1.82, 2.24) is 15.4 Å². The van der Waals surface area contributed by atoms with Gasteiger partial charge in [0.05, 0.1) is 11.1 Å². The Morgan fingerprint density at radius 1 is 1.26 bits per heavy atom. The maximum atomic E-state index is 12.5. The summed E-state index contributed by atoms with van der Waals surface area (Å²) >= 11 is 0. The number of aromatic nitrogens is 1. The maximum absolute atomic E-state index is 12.5. The first-order valence-electron chi connectivity index (χ1n) is 9.83. The molecule has 1 amide bonds. The predicted molar refractivity (Wildman–Crippen MR) is 103 cm³/mol. The van der Waals surface area contributed by atoms with Gasteiger partial charge in [-0.05, 0) is 43.4 Å². The fourth-order valence-corrected chi connectivity index (χ4v) is 4.33. The van der Waals surface area contributed by atoms with E-state index in [-0.39, 0.29) is 5.91 Å². The number of carbonyl (C=O) groups is 1. The number of benzene rings is 1. The summed E-state index contributed by atoms with van der Waals surface area (Å²) in [5, 5.41) is 6.99. The molecule has 0 bridgehead atoms. The number of hydrogen-bond donors (Lipinski definition) is 1. The van der Waals surface area contributed by atoms with Crippen LogP contribution >= 0.6 is 0 Å². The minimum absolute atomic E-state index is 0.191. The van der Waals surface area contributed by atoms with Crippen LogP contribution < -0.4 is 10.1 Å². The molecule has 0 saturated carbocycles. The number of likely N-dealkylation sites (tertiary alicyclic amines) is 1. The Labute approximate surface area is 159 Å². The molecule has 0 spiro atoms. The molecule has 2 aliphatic rings. The van der Waals surface area contributed by atoms with Gasteiger partial charge in [0.25, 0.3) is 5.91 Å². The van der Waals surface area contributed by atoms with Gasteiger partial charge < -0.3 is 19.5 Å². The number of nitrogens with zero attached hydrogens (tertiary/aromatic N) is 2. The summed E-state index contributed by atoms with van der Waals surface area (Å²) in [6, 6.07) is 7.64. The van der Waals surface area contributed by atoms with E-state index in [0.717, 1.165) is 54.8 Å². The number of fused-ring (bicyclic) bond motifs is 3. The second-order valence-corrected chi connectivity index (χ2v) is 7.94. The Morgan fingerprint density at radius 2 is 2.04 bits per heavy atom. The minimum atomic E-state index is -0.191. The first kappa shape index (κ1) is 18.0. The van der Waals surface area contributed by atoms with Gasteiger partial charge in [0.1, 0.15) is 12.4 Å². The van der Waals surface area contributed by atoms with E-state index >= 15 is 0 Å². The number of hydrogen-bond acceptors (Lipinski definition) is 5. The van der Waals surface area contributed by atoms with Crippen LogP contribution in [0.1, 0.15) is 42.7 Å². The molecule has 27 heavy (non-hydrogen) atoms. The van der Waals surface area contributed by atoms with Crippen LogP contribution in [0.15, 0.2) is 28.8 Å². The number of amides is 1. The smallest absolute Gasteiger partial charge is 0.273 e. The van der Waals surface area contributed by atoms with E-state index in [9.17, 15) is 4.79 Å². The van der Waals surface area contributed by atoms with Crippen molar-refractivity contribution in [3.63, 3.8) is 0 Å². The van der Waals surface area contributed by atoms with Crippen LogP contribution in [0.2, 0.25) is 0 Å². The third-order valence-electron chi connectivity index (χ3n) is 5.39. The summed E-state index contributed by atoms with van der Waals surface area (Å²) < 4.78 is 11.2. The highest BCUT2D eigenvalue weighted by Gasteiger charge is 2.28. The molecule has 0 unspecified atom stereocenters. The van der Waals surface area contributed by atoms with Gasteiger partial charge in [0.2, 0.25) is 0 Å². The van der Waals surface area contributed by atoms with Crippen molar-refractivity contribution in [2.24, 2.45) is 11.8 Å². The van der Waals surface area contributed by atoms with E-state index in [1.54, 1.807) is 0 Å². The number of nitrogens with one attached hydrogen (secondary N) is 1. The highest BCUT2D eigenvalue weighted by molar-refractivity contribution is 5.95. The molecule has 144 valence electrons. The average molecular weight is 369 g/mol. The van der Waals surface area contributed by atoms with Crippen LogP contribution in [-0.4, -0.2) is 42.1 Å².